The van der Waals surface area contributed by atoms with Gasteiger partial charge in [-0.2, -0.15) is 0 Å². The SMILES string of the molecule is C=O.CCS(=O)NCc1ccc(C(C)(C)C)cc1. The number of hydrogen-bond acceptors (Lipinski definition) is 2. The summed E-state index contributed by atoms with van der Waals surface area (Å²) in [5, 5.41) is 0. The lowest BCUT2D eigenvalue weighted by atomic mass is 9.87. The summed E-state index contributed by atoms with van der Waals surface area (Å²) in [4.78, 5) is 8.00. The van der Waals surface area contributed by atoms with Crippen molar-refractivity contribution in [1.82, 2.24) is 4.72 Å². The summed E-state index contributed by atoms with van der Waals surface area (Å²) in [5.74, 6) is 0.653. The Hall–Kier alpha value is -1.00. The van der Waals surface area contributed by atoms with Crippen LogP contribution in [0, 0.1) is 0 Å². The molecule has 0 aliphatic heterocycles. The van der Waals surface area contributed by atoms with Gasteiger partial charge < -0.3 is 4.79 Å². The van der Waals surface area contributed by atoms with Crippen molar-refractivity contribution in [3.05, 3.63) is 35.4 Å². The Labute approximate surface area is 113 Å². The molecule has 0 fully saturated rings. The summed E-state index contributed by atoms with van der Waals surface area (Å²) in [6.45, 7) is 11.2. The first-order valence-electron chi connectivity index (χ1n) is 5.93. The maximum Gasteiger partial charge on any atom is 0.106 e. The number of carbonyl (C=O) groups excluding carboxylic acids is 1. The summed E-state index contributed by atoms with van der Waals surface area (Å²) in [6, 6.07) is 8.48. The Kier molecular flexibility index (Phi) is 7.71. The third-order valence-electron chi connectivity index (χ3n) is 2.52. The zero-order valence-corrected chi connectivity index (χ0v) is 12.5. The van der Waals surface area contributed by atoms with Crippen molar-refractivity contribution >= 4 is 17.8 Å². The van der Waals surface area contributed by atoms with Crippen molar-refractivity contribution in [2.75, 3.05) is 5.75 Å². The summed E-state index contributed by atoms with van der Waals surface area (Å²) in [6.07, 6.45) is 0. The molecule has 1 unspecified atom stereocenters. The van der Waals surface area contributed by atoms with Crippen molar-refractivity contribution in [3.63, 3.8) is 0 Å². The zero-order valence-electron chi connectivity index (χ0n) is 11.7. The summed E-state index contributed by atoms with van der Waals surface area (Å²) < 4.78 is 14.2. The fourth-order valence-corrected chi connectivity index (χ4v) is 1.92. The van der Waals surface area contributed by atoms with E-state index in [2.05, 4.69) is 49.8 Å². The molecular weight excluding hydrogens is 246 g/mol. The summed E-state index contributed by atoms with van der Waals surface area (Å²) in [5.41, 5.74) is 2.70. The predicted molar refractivity (Wildman–Crippen MR) is 77.8 cm³/mol. The Morgan fingerprint density at radius 2 is 1.67 bits per heavy atom. The topological polar surface area (TPSA) is 46.2 Å². The molecule has 0 spiro atoms. The number of rotatable bonds is 4. The Bertz CT molecular complexity index is 368. The molecule has 0 bridgehead atoms. The number of benzene rings is 1. The fraction of sp³-hybridized carbons (Fsp3) is 0.500. The van der Waals surface area contributed by atoms with Crippen molar-refractivity contribution < 1.29 is 9.00 Å². The van der Waals surface area contributed by atoms with Crippen LogP contribution in [0.5, 0.6) is 0 Å². The second-order valence-corrected chi connectivity index (χ2v) is 6.46. The van der Waals surface area contributed by atoms with Crippen molar-refractivity contribution in [1.29, 1.82) is 0 Å². The van der Waals surface area contributed by atoms with Gasteiger partial charge in [-0.1, -0.05) is 52.0 Å². The number of carbonyl (C=O) groups is 1. The van der Waals surface area contributed by atoms with Crippen LogP contribution in [0.1, 0.15) is 38.8 Å². The molecule has 18 heavy (non-hydrogen) atoms. The molecule has 0 aromatic heterocycles. The second-order valence-electron chi connectivity index (χ2n) is 4.90. The lowest BCUT2D eigenvalue weighted by Crippen LogP contribution is -2.18. The largest absolute Gasteiger partial charge is 0.307 e. The molecule has 0 saturated heterocycles. The molecule has 0 aliphatic carbocycles. The van der Waals surface area contributed by atoms with E-state index < -0.39 is 11.0 Å². The molecule has 0 heterocycles. The van der Waals surface area contributed by atoms with Crippen LogP contribution in [0.3, 0.4) is 0 Å². The van der Waals surface area contributed by atoms with Gasteiger partial charge in [-0.05, 0) is 16.5 Å². The monoisotopic (exact) mass is 269 g/mol. The smallest absolute Gasteiger partial charge is 0.106 e. The third kappa shape index (κ3) is 6.07. The van der Waals surface area contributed by atoms with Gasteiger partial charge in [-0.25, -0.2) is 8.93 Å². The van der Waals surface area contributed by atoms with Crippen LogP contribution in [0.4, 0.5) is 0 Å². The van der Waals surface area contributed by atoms with Crippen LogP contribution in [0.25, 0.3) is 0 Å². The number of hydrogen-bond donors (Lipinski definition) is 1. The Morgan fingerprint density at radius 1 is 1.17 bits per heavy atom. The molecule has 1 aromatic rings. The summed E-state index contributed by atoms with van der Waals surface area (Å²) >= 11 is 0. The van der Waals surface area contributed by atoms with E-state index in [0.29, 0.717) is 12.3 Å². The first-order valence-corrected chi connectivity index (χ1v) is 7.25. The molecule has 3 nitrogen and oxygen atoms in total. The highest BCUT2D eigenvalue weighted by atomic mass is 32.2. The van der Waals surface area contributed by atoms with Crippen LogP contribution in [0.2, 0.25) is 0 Å². The average Bonchev–Trinajstić information content (AvgIpc) is 2.37. The van der Waals surface area contributed by atoms with Gasteiger partial charge in [0.05, 0.1) is 11.0 Å². The van der Waals surface area contributed by atoms with Crippen LogP contribution in [-0.2, 0) is 27.7 Å². The number of nitrogens with one attached hydrogen (secondary N) is 1. The molecule has 4 heteroatoms. The first-order chi connectivity index (χ1) is 8.43. The van der Waals surface area contributed by atoms with Crippen LogP contribution < -0.4 is 4.72 Å². The van der Waals surface area contributed by atoms with Crippen molar-refractivity contribution in [2.45, 2.75) is 39.7 Å². The van der Waals surface area contributed by atoms with E-state index in [-0.39, 0.29) is 5.41 Å². The van der Waals surface area contributed by atoms with Crippen molar-refractivity contribution in [3.8, 4) is 0 Å². The highest BCUT2D eigenvalue weighted by Crippen LogP contribution is 2.22. The zero-order chi connectivity index (χ0) is 14.2. The maximum absolute atomic E-state index is 11.2. The van der Waals surface area contributed by atoms with E-state index in [1.54, 1.807) is 0 Å². The minimum Gasteiger partial charge on any atom is -0.307 e. The lowest BCUT2D eigenvalue weighted by molar-refractivity contribution is -0.0979. The van der Waals surface area contributed by atoms with E-state index in [9.17, 15) is 4.21 Å². The average molecular weight is 269 g/mol. The van der Waals surface area contributed by atoms with Crippen LogP contribution in [0.15, 0.2) is 24.3 Å². The molecule has 1 aromatic carbocycles. The van der Waals surface area contributed by atoms with Gasteiger partial charge in [0, 0.05) is 12.3 Å². The standard InChI is InChI=1S/C13H21NOS.CH2O/c1-5-16(15)14-10-11-6-8-12(9-7-11)13(2,3)4;1-2/h6-9,14H,5,10H2,1-4H3;1H2. The second kappa shape index (κ2) is 8.16. The molecular formula is C14H23NO2S. The molecule has 0 saturated carbocycles. The van der Waals surface area contributed by atoms with Gasteiger partial charge in [0.15, 0.2) is 0 Å². The Morgan fingerprint density at radius 3 is 2.06 bits per heavy atom. The molecule has 1 rings (SSSR count). The van der Waals surface area contributed by atoms with Gasteiger partial charge in [-0.3, -0.25) is 0 Å². The predicted octanol–water partition coefficient (Wildman–Crippen LogP) is 2.57. The fourth-order valence-electron chi connectivity index (χ4n) is 1.39. The van der Waals surface area contributed by atoms with Gasteiger partial charge >= 0.3 is 0 Å². The molecule has 1 atom stereocenters. The van der Waals surface area contributed by atoms with Crippen molar-refractivity contribution in [2.24, 2.45) is 0 Å². The molecule has 1 N–H and O–H groups in total. The normalized spacial score (nSPS) is 12.4. The third-order valence-corrected chi connectivity index (χ3v) is 3.51. The highest BCUT2D eigenvalue weighted by molar-refractivity contribution is 7.82. The van der Waals surface area contributed by atoms with E-state index in [1.807, 2.05) is 13.7 Å². The van der Waals surface area contributed by atoms with Gasteiger partial charge in [0.2, 0.25) is 0 Å². The minimum absolute atomic E-state index is 0.193. The quantitative estimate of drug-likeness (QED) is 0.913. The van der Waals surface area contributed by atoms with E-state index >= 15 is 0 Å². The van der Waals surface area contributed by atoms with E-state index in [1.165, 1.54) is 11.1 Å². The van der Waals surface area contributed by atoms with Gasteiger partial charge in [0.1, 0.15) is 6.79 Å². The first kappa shape index (κ1) is 17.0. The van der Waals surface area contributed by atoms with E-state index in [0.717, 1.165) is 0 Å². The molecule has 0 aliphatic rings. The molecule has 0 amide bonds. The Balaban J connectivity index is 0.00000137. The maximum atomic E-state index is 11.2. The molecule has 102 valence electrons. The van der Waals surface area contributed by atoms with Gasteiger partial charge in [-0.15, -0.1) is 0 Å². The summed E-state index contributed by atoms with van der Waals surface area (Å²) in [7, 11) is -0.900. The van der Waals surface area contributed by atoms with E-state index in [4.69, 9.17) is 4.79 Å². The van der Waals surface area contributed by atoms with Crippen LogP contribution in [-0.4, -0.2) is 16.8 Å². The lowest BCUT2D eigenvalue weighted by Gasteiger charge is -2.19. The minimum atomic E-state index is -0.900. The molecule has 0 radical (unpaired) electrons. The van der Waals surface area contributed by atoms with Gasteiger partial charge in [0.25, 0.3) is 0 Å². The van der Waals surface area contributed by atoms with Crippen LogP contribution >= 0.6 is 0 Å². The highest BCUT2D eigenvalue weighted by Gasteiger charge is 2.12.